The van der Waals surface area contributed by atoms with Crippen LogP contribution in [-0.2, 0) is 11.2 Å². The molecule has 1 N–H and O–H groups in total. The molecule has 0 radical (unpaired) electrons. The van der Waals surface area contributed by atoms with Gasteiger partial charge in [-0.05, 0) is 41.8 Å². The van der Waals surface area contributed by atoms with E-state index in [0.29, 0.717) is 0 Å². The van der Waals surface area contributed by atoms with Gasteiger partial charge in [-0.1, -0.05) is 32.9 Å². The molecule has 1 aromatic carbocycles. The minimum atomic E-state index is -0.379. The number of carbonyl (C=O) groups is 1. The van der Waals surface area contributed by atoms with Gasteiger partial charge in [-0.2, -0.15) is 0 Å². The van der Waals surface area contributed by atoms with E-state index in [1.165, 1.54) is 11.1 Å². The van der Waals surface area contributed by atoms with Crippen LogP contribution in [-0.4, -0.2) is 10.9 Å². The van der Waals surface area contributed by atoms with Crippen molar-refractivity contribution < 1.29 is 4.79 Å². The van der Waals surface area contributed by atoms with Gasteiger partial charge in [0.05, 0.1) is 0 Å². The topological polar surface area (TPSA) is 42.0 Å². The maximum absolute atomic E-state index is 11.9. The van der Waals surface area contributed by atoms with Crippen LogP contribution in [0, 0.1) is 5.41 Å². The number of anilines is 1. The van der Waals surface area contributed by atoms with Crippen LogP contribution >= 0.6 is 0 Å². The number of rotatable bonds is 3. The lowest BCUT2D eigenvalue weighted by molar-refractivity contribution is -0.123. The summed E-state index contributed by atoms with van der Waals surface area (Å²) in [5.41, 5.74) is 2.90. The first kappa shape index (κ1) is 14.3. The summed E-state index contributed by atoms with van der Waals surface area (Å²) in [5.74, 6) is 0.0272. The zero-order valence-corrected chi connectivity index (χ0v) is 12.2. The Bertz CT molecular complexity index is 568. The Morgan fingerprint density at radius 3 is 2.10 bits per heavy atom. The van der Waals surface area contributed by atoms with Gasteiger partial charge in [0.15, 0.2) is 0 Å². The standard InChI is InChI=1S/C17H20N2O/c1-17(2,3)16(20)19-15-6-4-13(5-7-15)12-14-8-10-18-11-9-14/h4-11H,12H2,1-3H3,(H,19,20). The third-order valence-electron chi connectivity index (χ3n) is 3.05. The van der Waals surface area contributed by atoms with Gasteiger partial charge in [-0.3, -0.25) is 9.78 Å². The van der Waals surface area contributed by atoms with Gasteiger partial charge in [-0.25, -0.2) is 0 Å². The molecule has 2 aromatic rings. The number of nitrogens with one attached hydrogen (secondary N) is 1. The smallest absolute Gasteiger partial charge is 0.229 e. The van der Waals surface area contributed by atoms with Crippen LogP contribution in [0.4, 0.5) is 5.69 Å². The van der Waals surface area contributed by atoms with Crippen molar-refractivity contribution in [2.75, 3.05) is 5.32 Å². The lowest BCUT2D eigenvalue weighted by Gasteiger charge is -2.17. The number of carbonyl (C=O) groups excluding carboxylic acids is 1. The summed E-state index contributed by atoms with van der Waals surface area (Å²) >= 11 is 0. The number of aromatic nitrogens is 1. The van der Waals surface area contributed by atoms with Crippen molar-refractivity contribution in [1.29, 1.82) is 0 Å². The minimum Gasteiger partial charge on any atom is -0.326 e. The highest BCUT2D eigenvalue weighted by Gasteiger charge is 2.20. The Kier molecular flexibility index (Phi) is 4.18. The average molecular weight is 268 g/mol. The molecule has 1 aromatic heterocycles. The maximum Gasteiger partial charge on any atom is 0.229 e. The van der Waals surface area contributed by atoms with E-state index in [0.717, 1.165) is 12.1 Å². The Morgan fingerprint density at radius 1 is 1.00 bits per heavy atom. The van der Waals surface area contributed by atoms with E-state index < -0.39 is 0 Å². The Morgan fingerprint density at radius 2 is 1.55 bits per heavy atom. The van der Waals surface area contributed by atoms with E-state index in [4.69, 9.17) is 0 Å². The molecule has 0 atom stereocenters. The molecule has 3 nitrogen and oxygen atoms in total. The summed E-state index contributed by atoms with van der Waals surface area (Å²) in [6, 6.07) is 12.0. The molecule has 2 rings (SSSR count). The summed E-state index contributed by atoms with van der Waals surface area (Å²) in [6.07, 6.45) is 4.47. The first-order valence-electron chi connectivity index (χ1n) is 6.74. The van der Waals surface area contributed by atoms with Crippen LogP contribution in [0.25, 0.3) is 0 Å². The van der Waals surface area contributed by atoms with Crippen LogP contribution < -0.4 is 5.32 Å². The normalized spacial score (nSPS) is 11.2. The molecule has 0 bridgehead atoms. The molecule has 3 heteroatoms. The largest absolute Gasteiger partial charge is 0.326 e. The molecule has 1 amide bonds. The maximum atomic E-state index is 11.9. The minimum absolute atomic E-state index is 0.0272. The fourth-order valence-electron chi connectivity index (χ4n) is 1.76. The summed E-state index contributed by atoms with van der Waals surface area (Å²) in [7, 11) is 0. The quantitative estimate of drug-likeness (QED) is 0.923. The molecule has 0 aliphatic carbocycles. The van der Waals surface area contributed by atoms with Crippen molar-refractivity contribution in [3.63, 3.8) is 0 Å². The van der Waals surface area contributed by atoms with Crippen molar-refractivity contribution in [2.24, 2.45) is 5.41 Å². The number of pyridine rings is 1. The summed E-state index contributed by atoms with van der Waals surface area (Å²) in [5, 5.41) is 2.92. The number of hydrogen-bond acceptors (Lipinski definition) is 2. The number of hydrogen-bond donors (Lipinski definition) is 1. The lowest BCUT2D eigenvalue weighted by Crippen LogP contribution is -2.27. The van der Waals surface area contributed by atoms with Crippen molar-refractivity contribution in [1.82, 2.24) is 4.98 Å². The van der Waals surface area contributed by atoms with Gasteiger partial charge in [0.2, 0.25) is 5.91 Å². The van der Waals surface area contributed by atoms with Gasteiger partial charge in [0.25, 0.3) is 0 Å². The molecular weight excluding hydrogens is 248 g/mol. The third-order valence-corrected chi connectivity index (χ3v) is 3.05. The van der Waals surface area contributed by atoms with Gasteiger partial charge in [0, 0.05) is 23.5 Å². The fraction of sp³-hybridized carbons (Fsp3) is 0.294. The first-order chi connectivity index (χ1) is 9.45. The van der Waals surface area contributed by atoms with Crippen molar-refractivity contribution >= 4 is 11.6 Å². The highest BCUT2D eigenvalue weighted by molar-refractivity contribution is 5.94. The summed E-state index contributed by atoms with van der Waals surface area (Å²) < 4.78 is 0. The Labute approximate surface area is 120 Å². The predicted molar refractivity (Wildman–Crippen MR) is 81.6 cm³/mol. The molecule has 0 fully saturated rings. The molecule has 0 spiro atoms. The Hall–Kier alpha value is -2.16. The highest BCUT2D eigenvalue weighted by atomic mass is 16.2. The summed E-state index contributed by atoms with van der Waals surface area (Å²) in [6.45, 7) is 5.71. The fourth-order valence-corrected chi connectivity index (χ4v) is 1.76. The molecular formula is C17H20N2O. The van der Waals surface area contributed by atoms with Crippen LogP contribution in [0.3, 0.4) is 0 Å². The van der Waals surface area contributed by atoms with Crippen LogP contribution in [0.1, 0.15) is 31.9 Å². The van der Waals surface area contributed by atoms with Crippen LogP contribution in [0.5, 0.6) is 0 Å². The van der Waals surface area contributed by atoms with E-state index in [-0.39, 0.29) is 11.3 Å². The second-order valence-corrected chi connectivity index (χ2v) is 5.93. The van der Waals surface area contributed by atoms with Crippen LogP contribution in [0.15, 0.2) is 48.8 Å². The monoisotopic (exact) mass is 268 g/mol. The highest BCUT2D eigenvalue weighted by Crippen LogP contribution is 2.18. The van der Waals surface area contributed by atoms with E-state index in [2.05, 4.69) is 10.3 Å². The lowest BCUT2D eigenvalue weighted by atomic mass is 9.95. The molecule has 0 saturated carbocycles. The zero-order chi connectivity index (χ0) is 14.6. The van der Waals surface area contributed by atoms with E-state index in [1.54, 1.807) is 12.4 Å². The van der Waals surface area contributed by atoms with E-state index >= 15 is 0 Å². The van der Waals surface area contributed by atoms with Gasteiger partial charge < -0.3 is 5.32 Å². The Balaban J connectivity index is 2.02. The zero-order valence-electron chi connectivity index (χ0n) is 12.2. The molecule has 104 valence electrons. The molecule has 0 unspecified atom stereocenters. The predicted octanol–water partition coefficient (Wildman–Crippen LogP) is 3.66. The van der Waals surface area contributed by atoms with Crippen molar-refractivity contribution in [3.8, 4) is 0 Å². The van der Waals surface area contributed by atoms with E-state index in [1.807, 2.05) is 57.2 Å². The molecule has 0 saturated heterocycles. The van der Waals surface area contributed by atoms with Gasteiger partial charge >= 0.3 is 0 Å². The van der Waals surface area contributed by atoms with Crippen molar-refractivity contribution in [3.05, 3.63) is 59.9 Å². The number of nitrogens with zero attached hydrogens (tertiary/aromatic N) is 1. The van der Waals surface area contributed by atoms with Gasteiger partial charge in [-0.15, -0.1) is 0 Å². The molecule has 20 heavy (non-hydrogen) atoms. The second-order valence-electron chi connectivity index (χ2n) is 5.93. The average Bonchev–Trinajstić information content (AvgIpc) is 2.41. The first-order valence-corrected chi connectivity index (χ1v) is 6.74. The molecule has 0 aliphatic rings. The van der Waals surface area contributed by atoms with E-state index in [9.17, 15) is 4.79 Å². The molecule has 1 heterocycles. The molecule has 0 aliphatic heterocycles. The number of amides is 1. The van der Waals surface area contributed by atoms with Gasteiger partial charge in [0.1, 0.15) is 0 Å². The second kappa shape index (κ2) is 5.87. The number of benzene rings is 1. The van der Waals surface area contributed by atoms with Crippen molar-refractivity contribution in [2.45, 2.75) is 27.2 Å². The summed E-state index contributed by atoms with van der Waals surface area (Å²) in [4.78, 5) is 15.9. The van der Waals surface area contributed by atoms with Crippen LogP contribution in [0.2, 0.25) is 0 Å². The third kappa shape index (κ3) is 3.92. The SMILES string of the molecule is CC(C)(C)C(=O)Nc1ccc(Cc2ccncc2)cc1.